The highest BCUT2D eigenvalue weighted by molar-refractivity contribution is 9.09. The molecule has 0 aromatic carbocycles. The first-order valence-corrected chi connectivity index (χ1v) is 7.60. The van der Waals surface area contributed by atoms with Gasteiger partial charge in [0, 0.05) is 24.7 Å². The molecule has 0 aromatic rings. The van der Waals surface area contributed by atoms with Crippen LogP contribution in [0.25, 0.3) is 0 Å². The first-order valence-electron chi connectivity index (χ1n) is 4.42. The zero-order valence-electron chi connectivity index (χ0n) is 8.49. The van der Waals surface area contributed by atoms with E-state index in [1.807, 2.05) is 6.92 Å². The lowest BCUT2D eigenvalue weighted by atomic mass is 10.4. The van der Waals surface area contributed by atoms with E-state index in [0.717, 1.165) is 12.7 Å². The van der Waals surface area contributed by atoms with Crippen molar-refractivity contribution >= 4 is 31.7 Å². The molecule has 0 atom stereocenters. The Balaban J connectivity index is 4.29. The number of sulfone groups is 1. The van der Waals surface area contributed by atoms with Crippen LogP contribution in [0.4, 0.5) is 0 Å². The summed E-state index contributed by atoms with van der Waals surface area (Å²) in [7, 11) is -3.21. The van der Waals surface area contributed by atoms with E-state index in [9.17, 15) is 13.2 Å². The quantitative estimate of drug-likeness (QED) is 0.674. The van der Waals surface area contributed by atoms with Crippen LogP contribution in [0, 0.1) is 0 Å². The highest BCUT2D eigenvalue weighted by Gasteiger charge is 2.16. The van der Waals surface area contributed by atoms with Crippen LogP contribution in [-0.4, -0.2) is 49.7 Å². The third-order valence-electron chi connectivity index (χ3n) is 1.59. The van der Waals surface area contributed by atoms with Gasteiger partial charge in [-0.15, -0.1) is 0 Å². The Morgan fingerprint density at radius 2 is 1.93 bits per heavy atom. The molecule has 0 aliphatic carbocycles. The number of carbonyl (C=O) groups is 1. The third kappa shape index (κ3) is 6.37. The van der Waals surface area contributed by atoms with E-state index in [-0.39, 0.29) is 11.7 Å². The molecule has 0 rings (SSSR count). The summed E-state index contributed by atoms with van der Waals surface area (Å²) >= 11 is 3.22. The highest BCUT2D eigenvalue weighted by atomic mass is 79.9. The number of amides is 1. The van der Waals surface area contributed by atoms with Crippen LogP contribution in [0.1, 0.15) is 13.3 Å². The van der Waals surface area contributed by atoms with Gasteiger partial charge in [0.05, 0.1) is 0 Å². The molecule has 0 spiro atoms. The van der Waals surface area contributed by atoms with Gasteiger partial charge in [-0.05, 0) is 6.42 Å². The van der Waals surface area contributed by atoms with Crippen LogP contribution >= 0.6 is 15.9 Å². The molecule has 0 bridgehead atoms. The Bertz CT molecular complexity index is 270. The summed E-state index contributed by atoms with van der Waals surface area (Å²) in [5, 5.41) is 0.669. The third-order valence-corrected chi connectivity index (χ3v) is 2.71. The average molecular weight is 286 g/mol. The van der Waals surface area contributed by atoms with Crippen molar-refractivity contribution in [2.75, 3.05) is 30.4 Å². The van der Waals surface area contributed by atoms with Crippen molar-refractivity contribution in [3.63, 3.8) is 0 Å². The Morgan fingerprint density at radius 3 is 2.29 bits per heavy atom. The standard InChI is InChI=1S/C8H16BrNO3S/c1-3-5-10(6-4-9)8(11)7-14(2,12)13/h3-7H2,1-2H3. The average Bonchev–Trinajstić information content (AvgIpc) is 2.01. The number of rotatable bonds is 6. The van der Waals surface area contributed by atoms with Gasteiger partial charge in [-0.2, -0.15) is 0 Å². The SMILES string of the molecule is CCCN(CCBr)C(=O)CS(C)(=O)=O. The molecule has 6 heteroatoms. The second kappa shape index (κ2) is 6.40. The summed E-state index contributed by atoms with van der Waals surface area (Å²) in [6, 6.07) is 0. The second-order valence-corrected chi connectivity index (χ2v) is 6.07. The summed E-state index contributed by atoms with van der Waals surface area (Å²) in [6.07, 6.45) is 1.91. The lowest BCUT2D eigenvalue weighted by molar-refractivity contribution is -0.128. The van der Waals surface area contributed by atoms with Crippen LogP contribution < -0.4 is 0 Å². The maximum absolute atomic E-state index is 11.5. The molecule has 0 fully saturated rings. The van der Waals surface area contributed by atoms with Crippen molar-refractivity contribution in [3.8, 4) is 0 Å². The molecule has 0 heterocycles. The minimum Gasteiger partial charge on any atom is -0.341 e. The van der Waals surface area contributed by atoms with Gasteiger partial charge < -0.3 is 4.90 Å². The fourth-order valence-electron chi connectivity index (χ4n) is 1.05. The lowest BCUT2D eigenvalue weighted by Gasteiger charge is -2.20. The maximum Gasteiger partial charge on any atom is 0.237 e. The van der Waals surface area contributed by atoms with Gasteiger partial charge in [-0.1, -0.05) is 22.9 Å². The second-order valence-electron chi connectivity index (χ2n) is 3.14. The molecular formula is C8H16BrNO3S. The van der Waals surface area contributed by atoms with E-state index >= 15 is 0 Å². The van der Waals surface area contributed by atoms with E-state index in [1.165, 1.54) is 0 Å². The van der Waals surface area contributed by atoms with E-state index in [0.29, 0.717) is 18.4 Å². The zero-order valence-corrected chi connectivity index (χ0v) is 10.9. The molecule has 0 saturated heterocycles. The summed E-state index contributed by atoms with van der Waals surface area (Å²) in [4.78, 5) is 13.0. The molecule has 0 aromatic heterocycles. The number of alkyl halides is 1. The van der Waals surface area contributed by atoms with Gasteiger partial charge in [-0.25, -0.2) is 8.42 Å². The van der Waals surface area contributed by atoms with Crippen LogP contribution in [0.2, 0.25) is 0 Å². The number of hydrogen-bond acceptors (Lipinski definition) is 3. The normalized spacial score (nSPS) is 11.4. The van der Waals surface area contributed by atoms with Crippen LogP contribution in [-0.2, 0) is 14.6 Å². The van der Waals surface area contributed by atoms with Crippen molar-refractivity contribution in [3.05, 3.63) is 0 Å². The summed E-state index contributed by atoms with van der Waals surface area (Å²) in [6.45, 7) is 3.12. The Hall–Kier alpha value is -0.100. The topological polar surface area (TPSA) is 54.5 Å². The lowest BCUT2D eigenvalue weighted by Crippen LogP contribution is -2.37. The van der Waals surface area contributed by atoms with Gasteiger partial charge in [0.1, 0.15) is 5.75 Å². The largest absolute Gasteiger partial charge is 0.341 e. The monoisotopic (exact) mass is 285 g/mol. The molecule has 0 aliphatic rings. The van der Waals surface area contributed by atoms with Gasteiger partial charge in [0.25, 0.3) is 0 Å². The molecule has 0 aliphatic heterocycles. The highest BCUT2D eigenvalue weighted by Crippen LogP contribution is 1.97. The number of halogens is 1. The Kier molecular flexibility index (Phi) is 6.35. The minimum absolute atomic E-state index is 0.311. The van der Waals surface area contributed by atoms with Crippen molar-refractivity contribution in [1.82, 2.24) is 4.90 Å². The maximum atomic E-state index is 11.5. The van der Waals surface area contributed by atoms with E-state index in [2.05, 4.69) is 15.9 Å². The molecule has 1 amide bonds. The zero-order chi connectivity index (χ0) is 11.2. The number of nitrogens with zero attached hydrogens (tertiary/aromatic N) is 1. The van der Waals surface area contributed by atoms with Crippen LogP contribution in [0.5, 0.6) is 0 Å². The molecular weight excluding hydrogens is 270 g/mol. The molecule has 0 unspecified atom stereocenters. The van der Waals surface area contributed by atoms with Crippen molar-refractivity contribution in [2.24, 2.45) is 0 Å². The number of carbonyl (C=O) groups excluding carboxylic acids is 1. The van der Waals surface area contributed by atoms with Crippen molar-refractivity contribution in [2.45, 2.75) is 13.3 Å². The van der Waals surface area contributed by atoms with E-state index in [1.54, 1.807) is 4.90 Å². The molecule has 0 radical (unpaired) electrons. The Morgan fingerprint density at radius 1 is 1.36 bits per heavy atom. The van der Waals surface area contributed by atoms with Gasteiger partial charge in [0.2, 0.25) is 5.91 Å². The van der Waals surface area contributed by atoms with Crippen LogP contribution in [0.3, 0.4) is 0 Å². The molecule has 84 valence electrons. The van der Waals surface area contributed by atoms with Crippen molar-refractivity contribution < 1.29 is 13.2 Å². The first kappa shape index (κ1) is 13.9. The summed E-state index contributed by atoms with van der Waals surface area (Å²) < 4.78 is 21.8. The minimum atomic E-state index is -3.21. The summed E-state index contributed by atoms with van der Waals surface area (Å²) in [5.41, 5.74) is 0. The summed E-state index contributed by atoms with van der Waals surface area (Å²) in [5.74, 6) is -0.700. The fraction of sp³-hybridized carbons (Fsp3) is 0.875. The molecule has 14 heavy (non-hydrogen) atoms. The van der Waals surface area contributed by atoms with Gasteiger partial charge >= 0.3 is 0 Å². The first-order chi connectivity index (χ1) is 6.40. The van der Waals surface area contributed by atoms with Gasteiger partial charge in [-0.3, -0.25) is 4.79 Å². The predicted molar refractivity (Wildman–Crippen MR) is 60.4 cm³/mol. The van der Waals surface area contributed by atoms with Gasteiger partial charge in [0.15, 0.2) is 9.84 Å². The molecule has 4 nitrogen and oxygen atoms in total. The predicted octanol–water partition coefficient (Wildman–Crippen LogP) is 0.665. The molecule has 0 saturated carbocycles. The smallest absolute Gasteiger partial charge is 0.237 e. The fourth-order valence-corrected chi connectivity index (χ4v) is 2.11. The van der Waals surface area contributed by atoms with Crippen LogP contribution in [0.15, 0.2) is 0 Å². The van der Waals surface area contributed by atoms with Crippen molar-refractivity contribution in [1.29, 1.82) is 0 Å². The Labute approximate surface area is 93.7 Å². The molecule has 0 N–H and O–H groups in total. The van der Waals surface area contributed by atoms with E-state index in [4.69, 9.17) is 0 Å². The number of hydrogen-bond donors (Lipinski definition) is 0. The van der Waals surface area contributed by atoms with E-state index < -0.39 is 9.84 Å².